The zero-order valence-electron chi connectivity index (χ0n) is 10.9. The second kappa shape index (κ2) is 4.88. The number of aryl methyl sites for hydroxylation is 2. The number of nitrogens with zero attached hydrogens (tertiary/aromatic N) is 2. The standard InChI is InChI=1S/C15H16N2O2/c1-2-19-15(18)13-10-12-8-5-7-11-6-3-4-9-14(11)17(12)16-13/h3-4,6,9-10H,2,5,7-8H2,1H3. The molecule has 2 heterocycles. The van der Waals surface area contributed by atoms with Crippen LogP contribution in [-0.4, -0.2) is 22.4 Å². The number of fused-ring (bicyclic) bond motifs is 3. The van der Waals surface area contributed by atoms with Crippen LogP contribution >= 0.6 is 0 Å². The number of carbonyl (C=O) groups is 1. The third kappa shape index (κ3) is 2.14. The molecule has 4 nitrogen and oxygen atoms in total. The smallest absolute Gasteiger partial charge is 0.358 e. The fourth-order valence-corrected chi connectivity index (χ4v) is 2.50. The quantitative estimate of drug-likeness (QED) is 0.776. The number of ether oxygens (including phenoxy) is 1. The molecule has 0 spiro atoms. The van der Waals surface area contributed by atoms with E-state index in [0.717, 1.165) is 30.6 Å². The lowest BCUT2D eigenvalue weighted by molar-refractivity contribution is 0.0519. The summed E-state index contributed by atoms with van der Waals surface area (Å²) in [7, 11) is 0. The van der Waals surface area contributed by atoms with Crippen molar-refractivity contribution in [3.8, 4) is 5.69 Å². The molecule has 98 valence electrons. The molecule has 0 fully saturated rings. The van der Waals surface area contributed by atoms with E-state index in [1.807, 2.05) is 28.9 Å². The van der Waals surface area contributed by atoms with E-state index in [-0.39, 0.29) is 5.97 Å². The van der Waals surface area contributed by atoms with Crippen LogP contribution in [0.25, 0.3) is 5.69 Å². The van der Waals surface area contributed by atoms with E-state index in [0.29, 0.717) is 12.3 Å². The topological polar surface area (TPSA) is 44.1 Å². The predicted octanol–water partition coefficient (Wildman–Crippen LogP) is 2.54. The number of aromatic nitrogens is 2. The molecule has 1 aromatic carbocycles. The van der Waals surface area contributed by atoms with Crippen LogP contribution in [0.2, 0.25) is 0 Å². The molecule has 0 radical (unpaired) electrons. The van der Waals surface area contributed by atoms with Crippen molar-refractivity contribution in [2.24, 2.45) is 0 Å². The van der Waals surface area contributed by atoms with Crippen LogP contribution in [0, 0.1) is 0 Å². The van der Waals surface area contributed by atoms with Crippen LogP contribution in [0.15, 0.2) is 30.3 Å². The maximum atomic E-state index is 11.8. The number of hydrogen-bond acceptors (Lipinski definition) is 3. The van der Waals surface area contributed by atoms with Crippen molar-refractivity contribution >= 4 is 5.97 Å². The van der Waals surface area contributed by atoms with E-state index >= 15 is 0 Å². The van der Waals surface area contributed by atoms with Crippen LogP contribution in [0.3, 0.4) is 0 Å². The number of hydrogen-bond donors (Lipinski definition) is 0. The zero-order chi connectivity index (χ0) is 13.2. The average molecular weight is 256 g/mol. The van der Waals surface area contributed by atoms with Crippen LogP contribution in [0.5, 0.6) is 0 Å². The molecule has 0 saturated carbocycles. The minimum Gasteiger partial charge on any atom is -0.461 e. The Hall–Kier alpha value is -2.10. The maximum Gasteiger partial charge on any atom is 0.358 e. The van der Waals surface area contributed by atoms with Gasteiger partial charge < -0.3 is 4.74 Å². The van der Waals surface area contributed by atoms with Crippen LogP contribution in [0.1, 0.15) is 35.1 Å². The molecular weight excluding hydrogens is 240 g/mol. The molecule has 0 bridgehead atoms. The van der Waals surface area contributed by atoms with Gasteiger partial charge in [-0.15, -0.1) is 0 Å². The van der Waals surface area contributed by atoms with E-state index in [9.17, 15) is 4.79 Å². The second-order valence-electron chi connectivity index (χ2n) is 4.64. The van der Waals surface area contributed by atoms with E-state index in [2.05, 4.69) is 11.2 Å². The number of para-hydroxylation sites is 1. The van der Waals surface area contributed by atoms with E-state index in [1.165, 1.54) is 5.56 Å². The van der Waals surface area contributed by atoms with Crippen molar-refractivity contribution in [2.75, 3.05) is 6.61 Å². The molecular formula is C15H16N2O2. The van der Waals surface area contributed by atoms with Gasteiger partial charge in [0.2, 0.25) is 0 Å². The molecule has 0 amide bonds. The third-order valence-corrected chi connectivity index (χ3v) is 3.37. The summed E-state index contributed by atoms with van der Waals surface area (Å²) in [6, 6.07) is 10.1. The van der Waals surface area contributed by atoms with Crippen molar-refractivity contribution in [1.82, 2.24) is 9.78 Å². The highest BCUT2D eigenvalue weighted by atomic mass is 16.5. The molecule has 0 aliphatic carbocycles. The Balaban J connectivity index is 2.06. The summed E-state index contributed by atoms with van der Waals surface area (Å²) in [4.78, 5) is 11.8. The van der Waals surface area contributed by atoms with Gasteiger partial charge in [0.25, 0.3) is 0 Å². The molecule has 0 unspecified atom stereocenters. The molecule has 0 atom stereocenters. The third-order valence-electron chi connectivity index (χ3n) is 3.37. The summed E-state index contributed by atoms with van der Waals surface area (Å²) in [5.41, 5.74) is 3.83. The highest BCUT2D eigenvalue weighted by Gasteiger charge is 2.19. The van der Waals surface area contributed by atoms with Gasteiger partial charge in [-0.3, -0.25) is 0 Å². The zero-order valence-corrected chi connectivity index (χ0v) is 10.9. The Kier molecular flexibility index (Phi) is 3.07. The van der Waals surface area contributed by atoms with Crippen LogP contribution in [0.4, 0.5) is 0 Å². The van der Waals surface area contributed by atoms with Crippen LogP contribution in [-0.2, 0) is 17.6 Å². The van der Waals surface area contributed by atoms with E-state index in [1.54, 1.807) is 6.92 Å². The minimum absolute atomic E-state index is 0.347. The van der Waals surface area contributed by atoms with Crippen molar-refractivity contribution in [2.45, 2.75) is 26.2 Å². The van der Waals surface area contributed by atoms with E-state index < -0.39 is 0 Å². The van der Waals surface area contributed by atoms with E-state index in [4.69, 9.17) is 4.74 Å². The number of esters is 1. The largest absolute Gasteiger partial charge is 0.461 e. The maximum absolute atomic E-state index is 11.8. The normalized spacial score (nSPS) is 13.3. The fraction of sp³-hybridized carbons (Fsp3) is 0.333. The average Bonchev–Trinajstić information content (AvgIpc) is 2.77. The first-order valence-corrected chi connectivity index (χ1v) is 6.64. The van der Waals surface area contributed by atoms with Gasteiger partial charge in [0.15, 0.2) is 5.69 Å². The molecule has 1 aromatic heterocycles. The monoisotopic (exact) mass is 256 g/mol. The van der Waals surface area contributed by atoms with Gasteiger partial charge >= 0.3 is 5.97 Å². The van der Waals surface area contributed by atoms with Gasteiger partial charge in [-0.1, -0.05) is 18.2 Å². The molecule has 1 aliphatic rings. The van der Waals surface area contributed by atoms with Crippen molar-refractivity contribution in [3.63, 3.8) is 0 Å². The minimum atomic E-state index is -0.347. The summed E-state index contributed by atoms with van der Waals surface area (Å²) in [6.07, 6.45) is 3.06. The Morgan fingerprint density at radius 2 is 2.21 bits per heavy atom. The van der Waals surface area contributed by atoms with Crippen LogP contribution < -0.4 is 0 Å². The lowest BCUT2D eigenvalue weighted by atomic mass is 10.1. The predicted molar refractivity (Wildman–Crippen MR) is 71.5 cm³/mol. The first-order valence-electron chi connectivity index (χ1n) is 6.64. The number of rotatable bonds is 2. The highest BCUT2D eigenvalue weighted by molar-refractivity contribution is 5.87. The second-order valence-corrected chi connectivity index (χ2v) is 4.64. The van der Waals surface area contributed by atoms with Crippen molar-refractivity contribution in [1.29, 1.82) is 0 Å². The SMILES string of the molecule is CCOC(=O)c1cc2n(n1)-c1ccccc1CCC2. The Morgan fingerprint density at radius 3 is 3.05 bits per heavy atom. The van der Waals surface area contributed by atoms with Crippen molar-refractivity contribution < 1.29 is 9.53 Å². The van der Waals surface area contributed by atoms with Gasteiger partial charge in [0.05, 0.1) is 12.3 Å². The van der Waals surface area contributed by atoms with Gasteiger partial charge in [-0.2, -0.15) is 5.10 Å². The molecule has 2 aromatic rings. The van der Waals surface area contributed by atoms with Gasteiger partial charge in [-0.05, 0) is 43.9 Å². The molecule has 3 rings (SSSR count). The fourth-order valence-electron chi connectivity index (χ4n) is 2.50. The number of carbonyl (C=O) groups excluding carboxylic acids is 1. The summed E-state index contributed by atoms with van der Waals surface area (Å²) in [6.45, 7) is 2.17. The van der Waals surface area contributed by atoms with Crippen molar-refractivity contribution in [3.05, 3.63) is 47.3 Å². The summed E-state index contributed by atoms with van der Waals surface area (Å²) >= 11 is 0. The summed E-state index contributed by atoms with van der Waals surface area (Å²) in [5.74, 6) is -0.347. The van der Waals surface area contributed by atoms with Gasteiger partial charge in [0, 0.05) is 5.69 Å². The van der Waals surface area contributed by atoms with Gasteiger partial charge in [0.1, 0.15) is 0 Å². The highest BCUT2D eigenvalue weighted by Crippen LogP contribution is 2.24. The molecule has 0 saturated heterocycles. The first-order chi connectivity index (χ1) is 9.29. The molecule has 1 aliphatic heterocycles. The lowest BCUT2D eigenvalue weighted by Gasteiger charge is -2.07. The Morgan fingerprint density at radius 1 is 1.37 bits per heavy atom. The molecule has 4 heteroatoms. The van der Waals surface area contributed by atoms with Gasteiger partial charge in [-0.25, -0.2) is 9.48 Å². The molecule has 0 N–H and O–H groups in total. The Labute approximate surface area is 112 Å². The summed E-state index contributed by atoms with van der Waals surface area (Å²) < 4.78 is 6.89. The summed E-state index contributed by atoms with van der Waals surface area (Å²) in [5, 5.41) is 4.41. The Bertz CT molecular complexity index is 616. The lowest BCUT2D eigenvalue weighted by Crippen LogP contribution is -2.07. The first kappa shape index (κ1) is 12.0. The molecule has 19 heavy (non-hydrogen) atoms. The number of benzene rings is 1.